The highest BCUT2D eigenvalue weighted by Gasteiger charge is 2.32. The average Bonchev–Trinajstić information content (AvgIpc) is 3.58. The summed E-state index contributed by atoms with van der Waals surface area (Å²) in [7, 11) is 5.15. The van der Waals surface area contributed by atoms with E-state index in [0.29, 0.717) is 13.1 Å². The summed E-state index contributed by atoms with van der Waals surface area (Å²) in [5, 5.41) is 9.64. The minimum atomic E-state index is -0.166. The van der Waals surface area contributed by atoms with Crippen LogP contribution in [-0.2, 0) is 18.4 Å². The van der Waals surface area contributed by atoms with Crippen LogP contribution in [0, 0.1) is 31.1 Å². The van der Waals surface area contributed by atoms with Gasteiger partial charge in [-0.15, -0.1) is 0 Å². The van der Waals surface area contributed by atoms with Gasteiger partial charge >= 0.3 is 0 Å². The summed E-state index contributed by atoms with van der Waals surface area (Å²) in [5.41, 5.74) is 7.13. The third-order valence-corrected chi connectivity index (χ3v) is 9.59. The molecule has 3 aromatic rings. The fourth-order valence-electron chi connectivity index (χ4n) is 6.88. The third-order valence-electron chi connectivity index (χ3n) is 9.59. The first-order chi connectivity index (χ1) is 22.6. The van der Waals surface area contributed by atoms with Crippen molar-refractivity contribution in [1.29, 1.82) is 5.26 Å². The Kier molecular flexibility index (Phi) is 10.4. The Morgan fingerprint density at radius 2 is 1.70 bits per heavy atom. The highest BCUT2D eigenvalue weighted by molar-refractivity contribution is 5.97. The second kappa shape index (κ2) is 14.5. The van der Waals surface area contributed by atoms with Gasteiger partial charge in [-0.05, 0) is 73.6 Å². The smallest absolute Gasteiger partial charge is 0.264 e. The summed E-state index contributed by atoms with van der Waals surface area (Å²) in [6.45, 7) is 12.6. The van der Waals surface area contributed by atoms with Gasteiger partial charge in [0.2, 0.25) is 0 Å². The highest BCUT2D eigenvalue weighted by atomic mass is 16.5. The molecular formula is C38H47N5O4. The summed E-state index contributed by atoms with van der Waals surface area (Å²) in [6, 6.07) is 14.7. The lowest BCUT2D eigenvalue weighted by Crippen LogP contribution is -2.46. The number of carbonyl (C=O) groups is 1. The molecule has 47 heavy (non-hydrogen) atoms. The number of pyridine rings is 1. The third kappa shape index (κ3) is 7.08. The number of anilines is 1. The first-order valence-electron chi connectivity index (χ1n) is 16.5. The van der Waals surface area contributed by atoms with Crippen molar-refractivity contribution in [2.24, 2.45) is 13.0 Å². The standard InChI is InChI=1S/C38H47N5O4/c1-25(2)18-30(22-39)38(45)43-13-9-12-34(43)28-10-8-11-31(19-28)42-16-14-41(15-17-42)24-33-35(46-6)20-29(21-36(33)47-7)32-23-40(5)37(44)27(4)26(32)3/h8,10-11,18-21,23,25,34H,9,12-17,24H2,1-7H3/b30-18-. The molecule has 0 saturated carbocycles. The summed E-state index contributed by atoms with van der Waals surface area (Å²) < 4.78 is 13.4. The van der Waals surface area contributed by atoms with Gasteiger partial charge in [-0.3, -0.25) is 14.5 Å². The van der Waals surface area contributed by atoms with E-state index in [0.717, 1.165) is 89.6 Å². The lowest BCUT2D eigenvalue weighted by molar-refractivity contribution is -0.127. The second-order valence-electron chi connectivity index (χ2n) is 13.0. The maximum atomic E-state index is 13.3. The number of piperazine rings is 1. The van der Waals surface area contributed by atoms with Crippen molar-refractivity contribution in [2.45, 2.75) is 53.1 Å². The molecular weight excluding hydrogens is 590 g/mol. The van der Waals surface area contributed by atoms with E-state index in [9.17, 15) is 14.9 Å². The van der Waals surface area contributed by atoms with E-state index < -0.39 is 0 Å². The van der Waals surface area contributed by atoms with Crippen LogP contribution >= 0.6 is 0 Å². The van der Waals surface area contributed by atoms with Crippen molar-refractivity contribution in [3.8, 4) is 28.7 Å². The molecule has 9 heteroatoms. The molecule has 1 atom stereocenters. The molecule has 2 aromatic carbocycles. The predicted octanol–water partition coefficient (Wildman–Crippen LogP) is 5.78. The summed E-state index contributed by atoms with van der Waals surface area (Å²) in [5.74, 6) is 1.50. The Balaban J connectivity index is 1.30. The number of hydrogen-bond donors (Lipinski definition) is 0. The number of nitrogens with zero attached hydrogens (tertiary/aromatic N) is 5. The second-order valence-corrected chi connectivity index (χ2v) is 13.0. The molecule has 2 aliphatic rings. The molecule has 0 radical (unpaired) electrons. The van der Waals surface area contributed by atoms with Crippen LogP contribution < -0.4 is 19.9 Å². The van der Waals surface area contributed by atoms with Crippen LogP contribution in [-0.4, -0.2) is 67.2 Å². The van der Waals surface area contributed by atoms with E-state index in [1.54, 1.807) is 31.9 Å². The molecule has 9 nitrogen and oxygen atoms in total. The quantitative estimate of drug-likeness (QED) is 0.217. The first kappa shape index (κ1) is 33.8. The van der Waals surface area contributed by atoms with Gasteiger partial charge in [0.25, 0.3) is 11.5 Å². The number of carbonyl (C=O) groups excluding carboxylic acids is 1. The lowest BCUT2D eigenvalue weighted by atomic mass is 9.97. The maximum Gasteiger partial charge on any atom is 0.264 e. The number of amides is 1. The van der Waals surface area contributed by atoms with E-state index in [1.807, 2.05) is 50.9 Å². The Bertz CT molecular complexity index is 1740. The van der Waals surface area contributed by atoms with Crippen molar-refractivity contribution < 1.29 is 14.3 Å². The molecule has 0 spiro atoms. The zero-order valence-corrected chi connectivity index (χ0v) is 28.8. The Labute approximate surface area is 278 Å². The number of hydrogen-bond acceptors (Lipinski definition) is 7. The predicted molar refractivity (Wildman–Crippen MR) is 186 cm³/mol. The molecule has 0 bridgehead atoms. The number of allylic oxidation sites excluding steroid dienone is 1. The number of aryl methyl sites for hydroxylation is 1. The largest absolute Gasteiger partial charge is 0.496 e. The lowest BCUT2D eigenvalue weighted by Gasteiger charge is -2.37. The molecule has 2 saturated heterocycles. The van der Waals surface area contributed by atoms with Crippen LogP contribution in [0.5, 0.6) is 11.5 Å². The van der Waals surface area contributed by atoms with Crippen molar-refractivity contribution in [3.63, 3.8) is 0 Å². The molecule has 0 aliphatic carbocycles. The number of methoxy groups -OCH3 is 2. The van der Waals surface area contributed by atoms with Crippen molar-refractivity contribution in [1.82, 2.24) is 14.4 Å². The van der Waals surface area contributed by atoms with Crippen molar-refractivity contribution in [3.05, 3.63) is 86.9 Å². The summed E-state index contributed by atoms with van der Waals surface area (Å²) in [6.07, 6.45) is 5.47. The fraction of sp³-hybridized carbons (Fsp3) is 0.447. The van der Waals surface area contributed by atoms with E-state index >= 15 is 0 Å². The number of aromatic nitrogens is 1. The zero-order chi connectivity index (χ0) is 33.8. The zero-order valence-electron chi connectivity index (χ0n) is 28.8. The van der Waals surface area contributed by atoms with Crippen molar-refractivity contribution >= 4 is 11.6 Å². The first-order valence-corrected chi connectivity index (χ1v) is 16.5. The van der Waals surface area contributed by atoms with Crippen LogP contribution in [0.2, 0.25) is 0 Å². The Hall–Kier alpha value is -4.55. The molecule has 1 aromatic heterocycles. The van der Waals surface area contributed by atoms with Gasteiger partial charge in [-0.1, -0.05) is 32.1 Å². The highest BCUT2D eigenvalue weighted by Crippen LogP contribution is 2.38. The minimum absolute atomic E-state index is 0.00648. The van der Waals surface area contributed by atoms with Gasteiger partial charge < -0.3 is 23.8 Å². The van der Waals surface area contributed by atoms with Gasteiger partial charge in [0, 0.05) is 69.3 Å². The molecule has 3 heterocycles. The monoisotopic (exact) mass is 637 g/mol. The van der Waals surface area contributed by atoms with E-state index in [-0.39, 0.29) is 29.0 Å². The molecule has 2 aliphatic heterocycles. The number of rotatable bonds is 9. The SMILES string of the molecule is COc1cc(-c2cn(C)c(=O)c(C)c2C)cc(OC)c1CN1CCN(c2cccc(C3CCCN3C(=O)/C(C#N)=C\C(C)C)c2)CC1. The molecule has 1 unspecified atom stereocenters. The number of ether oxygens (including phenoxy) is 2. The van der Waals surface area contributed by atoms with Gasteiger partial charge in [0.1, 0.15) is 23.1 Å². The maximum absolute atomic E-state index is 13.3. The Morgan fingerprint density at radius 1 is 1.02 bits per heavy atom. The normalized spacial score (nSPS) is 17.3. The molecule has 1 amide bonds. The van der Waals surface area contributed by atoms with Crippen LogP contribution in [0.25, 0.3) is 11.1 Å². The van der Waals surface area contributed by atoms with E-state index in [2.05, 4.69) is 40.1 Å². The topological polar surface area (TPSA) is 91.0 Å². The number of likely N-dealkylation sites (tertiary alicyclic amines) is 1. The molecule has 0 N–H and O–H groups in total. The van der Waals surface area contributed by atoms with Crippen LogP contribution in [0.4, 0.5) is 5.69 Å². The van der Waals surface area contributed by atoms with Crippen LogP contribution in [0.15, 0.2) is 59.0 Å². The van der Waals surface area contributed by atoms with Crippen LogP contribution in [0.1, 0.15) is 55.0 Å². The summed E-state index contributed by atoms with van der Waals surface area (Å²) in [4.78, 5) is 32.5. The van der Waals surface area contributed by atoms with E-state index in [4.69, 9.17) is 9.47 Å². The number of nitriles is 1. The molecule has 2 fully saturated rings. The summed E-state index contributed by atoms with van der Waals surface area (Å²) >= 11 is 0. The van der Waals surface area contributed by atoms with Gasteiger partial charge in [0.15, 0.2) is 0 Å². The van der Waals surface area contributed by atoms with Crippen molar-refractivity contribution in [2.75, 3.05) is 51.8 Å². The van der Waals surface area contributed by atoms with Gasteiger partial charge in [-0.25, -0.2) is 0 Å². The fourth-order valence-corrected chi connectivity index (χ4v) is 6.88. The van der Waals surface area contributed by atoms with Gasteiger partial charge in [0.05, 0.1) is 25.8 Å². The van der Waals surface area contributed by atoms with Gasteiger partial charge in [-0.2, -0.15) is 5.26 Å². The Morgan fingerprint density at radius 3 is 2.32 bits per heavy atom. The van der Waals surface area contributed by atoms with E-state index in [1.165, 1.54) is 0 Å². The average molecular weight is 638 g/mol. The molecule has 5 rings (SSSR count). The molecule has 248 valence electrons. The number of benzene rings is 2. The minimum Gasteiger partial charge on any atom is -0.496 e. The van der Waals surface area contributed by atoms with Crippen LogP contribution in [0.3, 0.4) is 0 Å².